The molecule has 2 aromatic rings. The predicted octanol–water partition coefficient (Wildman–Crippen LogP) is 1.99. The van der Waals surface area contributed by atoms with E-state index in [9.17, 15) is 9.18 Å². The topological polar surface area (TPSA) is 71.3 Å². The van der Waals surface area contributed by atoms with Gasteiger partial charge in [-0.2, -0.15) is 0 Å². The first-order chi connectivity index (χ1) is 10.0. The van der Waals surface area contributed by atoms with Crippen molar-refractivity contribution in [3.8, 4) is 0 Å². The number of anilines is 1. The Kier molecular flexibility index (Phi) is 3.73. The van der Waals surface area contributed by atoms with Gasteiger partial charge in [-0.05, 0) is 0 Å². The van der Waals surface area contributed by atoms with Gasteiger partial charge >= 0.3 is 0 Å². The third kappa shape index (κ3) is 3.11. The highest BCUT2D eigenvalue weighted by atomic mass is 32.1. The van der Waals surface area contributed by atoms with Crippen LogP contribution in [0.25, 0.3) is 0 Å². The molecule has 0 saturated carbocycles. The first-order valence-corrected chi connectivity index (χ1v) is 7.46. The lowest BCUT2D eigenvalue weighted by Crippen LogP contribution is -2.41. The number of rotatable bonds is 4. The summed E-state index contributed by atoms with van der Waals surface area (Å²) >= 11 is 1.27. The fourth-order valence-electron chi connectivity index (χ4n) is 2.37. The van der Waals surface area contributed by atoms with Crippen molar-refractivity contribution < 1.29 is 13.6 Å². The van der Waals surface area contributed by atoms with E-state index in [1.54, 1.807) is 24.8 Å². The first kappa shape index (κ1) is 14.2. The van der Waals surface area contributed by atoms with E-state index in [1.165, 1.54) is 11.3 Å². The Bertz CT molecular complexity index is 630. The molecule has 3 rings (SSSR count). The SMILES string of the molecule is Cc1nc(CN2CCC(F)(C(=O)Nc3nccs3)C2)co1. The Morgan fingerprint density at radius 2 is 2.52 bits per heavy atom. The van der Waals surface area contributed by atoms with Crippen molar-refractivity contribution in [3.05, 3.63) is 29.4 Å². The number of hydrogen-bond acceptors (Lipinski definition) is 6. The van der Waals surface area contributed by atoms with Crippen LogP contribution in [0.1, 0.15) is 18.0 Å². The lowest BCUT2D eigenvalue weighted by molar-refractivity contribution is -0.126. The number of carbonyl (C=O) groups is 1. The molecule has 0 bridgehead atoms. The van der Waals surface area contributed by atoms with Gasteiger partial charge in [0.15, 0.2) is 11.0 Å². The van der Waals surface area contributed by atoms with Crippen LogP contribution in [0.3, 0.4) is 0 Å². The number of thiazole rings is 1. The number of nitrogens with one attached hydrogen (secondary N) is 1. The molecule has 0 spiro atoms. The number of nitrogens with zero attached hydrogens (tertiary/aromatic N) is 3. The monoisotopic (exact) mass is 310 g/mol. The Morgan fingerprint density at radius 1 is 1.67 bits per heavy atom. The van der Waals surface area contributed by atoms with E-state index in [0.29, 0.717) is 24.1 Å². The van der Waals surface area contributed by atoms with E-state index in [1.807, 2.05) is 4.90 Å². The maximum Gasteiger partial charge on any atom is 0.265 e. The van der Waals surface area contributed by atoms with E-state index < -0.39 is 11.6 Å². The third-order valence-electron chi connectivity index (χ3n) is 3.41. The molecule has 1 N–H and O–H groups in total. The van der Waals surface area contributed by atoms with Gasteiger partial charge in [-0.1, -0.05) is 0 Å². The summed E-state index contributed by atoms with van der Waals surface area (Å²) in [7, 11) is 0. The number of likely N-dealkylation sites (tertiary alicyclic amines) is 1. The normalized spacial score (nSPS) is 22.6. The van der Waals surface area contributed by atoms with E-state index in [0.717, 1.165) is 5.69 Å². The maximum absolute atomic E-state index is 14.7. The van der Waals surface area contributed by atoms with Gasteiger partial charge in [0.25, 0.3) is 5.91 Å². The minimum Gasteiger partial charge on any atom is -0.449 e. The summed E-state index contributed by atoms with van der Waals surface area (Å²) in [6.45, 7) is 2.80. The quantitative estimate of drug-likeness (QED) is 0.935. The zero-order valence-electron chi connectivity index (χ0n) is 11.5. The first-order valence-electron chi connectivity index (χ1n) is 6.58. The molecule has 112 valence electrons. The van der Waals surface area contributed by atoms with Crippen LogP contribution in [-0.2, 0) is 11.3 Å². The summed E-state index contributed by atoms with van der Waals surface area (Å²) in [5.41, 5.74) is -1.14. The average molecular weight is 310 g/mol. The van der Waals surface area contributed by atoms with Crippen LogP contribution in [0, 0.1) is 6.92 Å². The van der Waals surface area contributed by atoms with Crippen molar-refractivity contribution in [2.45, 2.75) is 25.6 Å². The minimum absolute atomic E-state index is 0.0517. The minimum atomic E-state index is -1.88. The highest BCUT2D eigenvalue weighted by Gasteiger charge is 2.45. The molecule has 0 radical (unpaired) electrons. The molecule has 0 aromatic carbocycles. The molecular weight excluding hydrogens is 295 g/mol. The van der Waals surface area contributed by atoms with Gasteiger partial charge in [-0.3, -0.25) is 15.0 Å². The van der Waals surface area contributed by atoms with E-state index in [2.05, 4.69) is 15.3 Å². The number of oxazole rings is 1. The molecule has 1 aliphatic rings. The number of carbonyl (C=O) groups excluding carboxylic acids is 1. The number of hydrogen-bond donors (Lipinski definition) is 1. The fraction of sp³-hybridized carbons (Fsp3) is 0.462. The zero-order chi connectivity index (χ0) is 14.9. The molecule has 1 saturated heterocycles. The van der Waals surface area contributed by atoms with Crippen molar-refractivity contribution in [1.82, 2.24) is 14.9 Å². The van der Waals surface area contributed by atoms with Crippen LogP contribution in [0.15, 0.2) is 22.3 Å². The Labute approximate surface area is 125 Å². The molecule has 1 unspecified atom stereocenters. The second kappa shape index (κ2) is 5.53. The molecule has 6 nitrogen and oxygen atoms in total. The summed E-state index contributed by atoms with van der Waals surface area (Å²) in [4.78, 5) is 22.0. The predicted molar refractivity (Wildman–Crippen MR) is 75.7 cm³/mol. The van der Waals surface area contributed by atoms with Crippen LogP contribution in [-0.4, -0.2) is 39.5 Å². The van der Waals surface area contributed by atoms with Crippen LogP contribution < -0.4 is 5.32 Å². The summed E-state index contributed by atoms with van der Waals surface area (Å²) in [6.07, 6.45) is 3.29. The third-order valence-corrected chi connectivity index (χ3v) is 4.10. The van der Waals surface area contributed by atoms with Gasteiger partial charge in [-0.25, -0.2) is 14.4 Å². The highest BCUT2D eigenvalue weighted by molar-refractivity contribution is 7.13. The van der Waals surface area contributed by atoms with E-state index >= 15 is 0 Å². The Morgan fingerprint density at radius 3 is 3.19 bits per heavy atom. The van der Waals surface area contributed by atoms with Crippen LogP contribution in [0.4, 0.5) is 9.52 Å². The molecule has 0 aliphatic carbocycles. The van der Waals surface area contributed by atoms with Crippen LogP contribution >= 0.6 is 11.3 Å². The van der Waals surface area contributed by atoms with E-state index in [4.69, 9.17) is 4.42 Å². The molecule has 1 fully saturated rings. The Balaban J connectivity index is 1.60. The van der Waals surface area contributed by atoms with Gasteiger partial charge in [0.2, 0.25) is 5.67 Å². The molecule has 1 aliphatic heterocycles. The fourth-order valence-corrected chi connectivity index (χ4v) is 2.90. The zero-order valence-corrected chi connectivity index (χ0v) is 12.3. The number of alkyl halides is 1. The van der Waals surface area contributed by atoms with Gasteiger partial charge in [0.05, 0.1) is 5.69 Å². The number of amides is 1. The number of aryl methyl sites for hydroxylation is 1. The van der Waals surface area contributed by atoms with Crippen molar-refractivity contribution in [2.75, 3.05) is 18.4 Å². The molecule has 3 heterocycles. The van der Waals surface area contributed by atoms with Gasteiger partial charge < -0.3 is 4.42 Å². The summed E-state index contributed by atoms with van der Waals surface area (Å²) in [5, 5.41) is 4.68. The number of halogens is 1. The molecule has 21 heavy (non-hydrogen) atoms. The van der Waals surface area contributed by atoms with Crippen molar-refractivity contribution in [1.29, 1.82) is 0 Å². The molecule has 8 heteroatoms. The largest absolute Gasteiger partial charge is 0.449 e. The van der Waals surface area contributed by atoms with Crippen molar-refractivity contribution in [2.24, 2.45) is 0 Å². The van der Waals surface area contributed by atoms with Gasteiger partial charge in [-0.15, -0.1) is 11.3 Å². The number of aromatic nitrogens is 2. The van der Waals surface area contributed by atoms with Crippen molar-refractivity contribution in [3.63, 3.8) is 0 Å². The average Bonchev–Trinajstić information content (AvgIpc) is 3.14. The Hall–Kier alpha value is -1.80. The molecule has 1 atom stereocenters. The summed E-state index contributed by atoms with van der Waals surface area (Å²) in [6, 6.07) is 0. The highest BCUT2D eigenvalue weighted by Crippen LogP contribution is 2.28. The van der Waals surface area contributed by atoms with E-state index in [-0.39, 0.29) is 13.0 Å². The molecule has 2 aromatic heterocycles. The second-order valence-corrected chi connectivity index (χ2v) is 5.97. The van der Waals surface area contributed by atoms with Gasteiger partial charge in [0.1, 0.15) is 6.26 Å². The van der Waals surface area contributed by atoms with Crippen LogP contribution in [0.5, 0.6) is 0 Å². The van der Waals surface area contributed by atoms with Crippen molar-refractivity contribution >= 4 is 22.4 Å². The summed E-state index contributed by atoms with van der Waals surface area (Å²) in [5.74, 6) is -0.0477. The maximum atomic E-state index is 14.7. The van der Waals surface area contributed by atoms with Crippen LogP contribution in [0.2, 0.25) is 0 Å². The molecule has 1 amide bonds. The summed E-state index contributed by atoms with van der Waals surface area (Å²) < 4.78 is 19.9. The molecular formula is C13H15FN4O2S. The standard InChI is InChI=1S/C13H15FN4O2S/c1-9-16-10(7-20-9)6-18-4-2-13(14,8-18)11(19)17-12-15-3-5-21-12/h3,5,7H,2,4,6,8H2,1H3,(H,15,17,19). The lowest BCUT2D eigenvalue weighted by atomic mass is 10.1. The smallest absolute Gasteiger partial charge is 0.265 e. The van der Waals surface area contributed by atoms with Gasteiger partial charge in [0, 0.05) is 44.6 Å². The lowest BCUT2D eigenvalue weighted by Gasteiger charge is -2.19. The second-order valence-electron chi connectivity index (χ2n) is 5.08.